The number of amides is 1. The quantitative estimate of drug-likeness (QED) is 0.637. The van der Waals surface area contributed by atoms with E-state index in [-0.39, 0.29) is 5.91 Å². The van der Waals surface area contributed by atoms with Crippen LogP contribution in [0.5, 0.6) is 0 Å². The van der Waals surface area contributed by atoms with Gasteiger partial charge in [0.05, 0.1) is 4.91 Å². The van der Waals surface area contributed by atoms with Crippen LogP contribution >= 0.6 is 39.9 Å². The molecule has 0 saturated carbocycles. The topological polar surface area (TPSA) is 42.2 Å². The second-order valence-corrected chi connectivity index (χ2v) is 4.99. The van der Waals surface area contributed by atoms with Gasteiger partial charge in [-0.3, -0.25) is 4.79 Å². The fourth-order valence-electron chi connectivity index (χ4n) is 0.956. The van der Waals surface area contributed by atoms with Gasteiger partial charge in [-0.2, -0.15) is 0 Å². The van der Waals surface area contributed by atoms with Crippen molar-refractivity contribution in [1.82, 2.24) is 5.32 Å². The van der Waals surface area contributed by atoms with E-state index in [2.05, 4.69) is 21.2 Å². The molecule has 1 amide bonds. The summed E-state index contributed by atoms with van der Waals surface area (Å²) >= 11 is 9.26. The van der Waals surface area contributed by atoms with Crippen molar-refractivity contribution >= 4 is 56.2 Å². The summed E-state index contributed by atoms with van der Waals surface area (Å²) in [6, 6.07) is 3.54. The van der Waals surface area contributed by atoms with Gasteiger partial charge in [0.2, 0.25) is 0 Å². The van der Waals surface area contributed by atoms with Crippen LogP contribution in [-0.4, -0.2) is 10.2 Å². The molecule has 0 unspecified atom stereocenters. The van der Waals surface area contributed by atoms with Gasteiger partial charge < -0.3 is 9.73 Å². The minimum atomic E-state index is -0.174. The summed E-state index contributed by atoms with van der Waals surface area (Å²) in [5.74, 6) is 0.451. The normalized spacial score (nSPS) is 19.1. The van der Waals surface area contributed by atoms with Crippen molar-refractivity contribution in [3.63, 3.8) is 0 Å². The van der Waals surface area contributed by atoms with Gasteiger partial charge in [0.1, 0.15) is 10.1 Å². The number of rotatable bonds is 1. The maximum Gasteiger partial charge on any atom is 0.263 e. The van der Waals surface area contributed by atoms with E-state index in [4.69, 9.17) is 16.6 Å². The maximum atomic E-state index is 11.3. The molecule has 0 bridgehead atoms. The van der Waals surface area contributed by atoms with E-state index >= 15 is 0 Å². The molecule has 1 aromatic heterocycles. The van der Waals surface area contributed by atoms with Crippen LogP contribution in [0.25, 0.3) is 6.08 Å². The summed E-state index contributed by atoms with van der Waals surface area (Å²) in [5, 5.41) is 2.53. The van der Waals surface area contributed by atoms with Gasteiger partial charge in [0.15, 0.2) is 4.67 Å². The van der Waals surface area contributed by atoms with Crippen LogP contribution < -0.4 is 5.32 Å². The molecule has 2 heterocycles. The van der Waals surface area contributed by atoms with Crippen LogP contribution in [0.2, 0.25) is 0 Å². The van der Waals surface area contributed by atoms with Crippen molar-refractivity contribution in [2.75, 3.05) is 0 Å². The molecule has 6 heteroatoms. The fraction of sp³-hybridized carbons (Fsp3) is 0. The number of thiocarbonyl (C=S) groups is 1. The predicted octanol–water partition coefficient (Wildman–Crippen LogP) is 2.53. The number of furan rings is 1. The Morgan fingerprint density at radius 3 is 2.86 bits per heavy atom. The predicted molar refractivity (Wildman–Crippen MR) is 62.7 cm³/mol. The van der Waals surface area contributed by atoms with Crippen molar-refractivity contribution in [2.45, 2.75) is 0 Å². The summed E-state index contributed by atoms with van der Waals surface area (Å²) in [7, 11) is 0. The Kier molecular flexibility index (Phi) is 2.76. The average Bonchev–Trinajstić information content (AvgIpc) is 2.61. The van der Waals surface area contributed by atoms with E-state index in [0.29, 0.717) is 19.7 Å². The molecule has 0 aromatic carbocycles. The third-order valence-electron chi connectivity index (χ3n) is 1.51. The van der Waals surface area contributed by atoms with E-state index in [9.17, 15) is 4.79 Å². The summed E-state index contributed by atoms with van der Waals surface area (Å²) < 4.78 is 6.35. The number of hydrogen-bond acceptors (Lipinski definition) is 4. The van der Waals surface area contributed by atoms with E-state index < -0.39 is 0 Å². The van der Waals surface area contributed by atoms with Crippen molar-refractivity contribution in [2.24, 2.45) is 0 Å². The molecule has 1 saturated heterocycles. The Morgan fingerprint density at radius 2 is 2.36 bits per heavy atom. The molecule has 0 aliphatic carbocycles. The first-order chi connectivity index (χ1) is 6.65. The monoisotopic (exact) mass is 289 g/mol. The molecule has 14 heavy (non-hydrogen) atoms. The van der Waals surface area contributed by atoms with Crippen LogP contribution in [0.15, 0.2) is 26.1 Å². The lowest BCUT2D eigenvalue weighted by Crippen LogP contribution is -2.17. The van der Waals surface area contributed by atoms with Gasteiger partial charge in [-0.25, -0.2) is 0 Å². The highest BCUT2D eigenvalue weighted by Crippen LogP contribution is 2.26. The second kappa shape index (κ2) is 3.88. The summed E-state index contributed by atoms with van der Waals surface area (Å²) in [6.45, 7) is 0. The lowest BCUT2D eigenvalue weighted by atomic mass is 10.4. The Hall–Kier alpha value is -0.590. The molecule has 1 fully saturated rings. The third kappa shape index (κ3) is 2.08. The number of halogens is 1. The zero-order chi connectivity index (χ0) is 10.1. The highest BCUT2D eigenvalue weighted by atomic mass is 79.9. The lowest BCUT2D eigenvalue weighted by molar-refractivity contribution is -0.115. The van der Waals surface area contributed by atoms with Gasteiger partial charge in [0.25, 0.3) is 5.91 Å². The molecular formula is C8H4BrNO2S2. The first-order valence-electron chi connectivity index (χ1n) is 3.65. The van der Waals surface area contributed by atoms with Gasteiger partial charge in [-0.15, -0.1) is 0 Å². The molecule has 0 radical (unpaired) electrons. The Labute approximate surface area is 98.1 Å². The molecule has 1 aromatic rings. The van der Waals surface area contributed by atoms with Gasteiger partial charge >= 0.3 is 0 Å². The SMILES string of the molecule is O=C1NC(=S)S/C1=C/c1ccc(Br)o1. The van der Waals surface area contributed by atoms with E-state index in [1.54, 1.807) is 18.2 Å². The van der Waals surface area contributed by atoms with Gasteiger partial charge in [-0.1, -0.05) is 24.0 Å². The van der Waals surface area contributed by atoms with Crippen molar-refractivity contribution in [1.29, 1.82) is 0 Å². The largest absolute Gasteiger partial charge is 0.450 e. The zero-order valence-electron chi connectivity index (χ0n) is 6.74. The molecule has 2 rings (SSSR count). The molecule has 72 valence electrons. The minimum absolute atomic E-state index is 0.174. The molecule has 1 aliphatic heterocycles. The second-order valence-electron chi connectivity index (χ2n) is 2.49. The summed E-state index contributed by atoms with van der Waals surface area (Å²) in [6.07, 6.45) is 1.66. The van der Waals surface area contributed by atoms with Crippen LogP contribution in [0.4, 0.5) is 0 Å². The van der Waals surface area contributed by atoms with Crippen LogP contribution in [0, 0.1) is 0 Å². The first-order valence-corrected chi connectivity index (χ1v) is 5.67. The number of carbonyl (C=O) groups excluding carboxylic acids is 1. The summed E-state index contributed by atoms with van der Waals surface area (Å²) in [5.41, 5.74) is 0. The highest BCUT2D eigenvalue weighted by Gasteiger charge is 2.22. The Bertz CT molecular complexity index is 438. The Balaban J connectivity index is 2.27. The average molecular weight is 290 g/mol. The van der Waals surface area contributed by atoms with E-state index in [1.165, 1.54) is 11.8 Å². The molecule has 3 nitrogen and oxygen atoms in total. The minimum Gasteiger partial charge on any atom is -0.450 e. The van der Waals surface area contributed by atoms with Crippen molar-refractivity contribution in [3.8, 4) is 0 Å². The number of hydrogen-bond donors (Lipinski definition) is 1. The van der Waals surface area contributed by atoms with E-state index in [0.717, 1.165) is 0 Å². The van der Waals surface area contributed by atoms with Gasteiger partial charge in [-0.05, 0) is 28.1 Å². The van der Waals surface area contributed by atoms with Crippen molar-refractivity contribution in [3.05, 3.63) is 27.5 Å². The maximum absolute atomic E-state index is 11.3. The third-order valence-corrected chi connectivity index (χ3v) is 3.10. The number of carbonyl (C=O) groups is 1. The van der Waals surface area contributed by atoms with Crippen LogP contribution in [0.1, 0.15) is 5.76 Å². The fourth-order valence-corrected chi connectivity index (χ4v) is 2.30. The molecule has 0 atom stereocenters. The molecule has 1 aliphatic rings. The zero-order valence-corrected chi connectivity index (χ0v) is 9.96. The highest BCUT2D eigenvalue weighted by molar-refractivity contribution is 9.10. The molecular weight excluding hydrogens is 286 g/mol. The first kappa shape index (κ1) is 9.95. The van der Waals surface area contributed by atoms with Crippen LogP contribution in [-0.2, 0) is 4.79 Å². The smallest absolute Gasteiger partial charge is 0.263 e. The standard InChI is InChI=1S/C8H4BrNO2S2/c9-6-2-1-4(12-6)3-5-7(11)10-8(13)14-5/h1-3H,(H,10,11,13)/b5-3+. The number of thioether (sulfide) groups is 1. The summed E-state index contributed by atoms with van der Waals surface area (Å²) in [4.78, 5) is 11.8. The van der Waals surface area contributed by atoms with Gasteiger partial charge in [0, 0.05) is 6.08 Å². The molecule has 0 spiro atoms. The lowest BCUT2D eigenvalue weighted by Gasteiger charge is -1.88. The Morgan fingerprint density at radius 1 is 1.57 bits per heavy atom. The molecule has 1 N–H and O–H groups in total. The van der Waals surface area contributed by atoms with Crippen LogP contribution in [0.3, 0.4) is 0 Å². The van der Waals surface area contributed by atoms with Crippen molar-refractivity contribution < 1.29 is 9.21 Å². The number of nitrogens with one attached hydrogen (secondary N) is 1. The van der Waals surface area contributed by atoms with E-state index in [1.807, 2.05) is 0 Å².